The van der Waals surface area contributed by atoms with Gasteiger partial charge in [-0.25, -0.2) is 0 Å². The van der Waals surface area contributed by atoms with E-state index in [-0.39, 0.29) is 5.97 Å². The molecule has 0 aromatic heterocycles. The summed E-state index contributed by atoms with van der Waals surface area (Å²) in [5.41, 5.74) is 5.83. The topological polar surface area (TPSA) is 38.8 Å². The van der Waals surface area contributed by atoms with Crippen molar-refractivity contribution in [2.75, 3.05) is 27.7 Å². The third kappa shape index (κ3) is 7.19. The molecule has 4 heteroatoms. The van der Waals surface area contributed by atoms with Crippen molar-refractivity contribution in [3.05, 3.63) is 95.3 Å². The highest BCUT2D eigenvalue weighted by Gasteiger charge is 2.20. The normalized spacial score (nSPS) is 22.8. The van der Waals surface area contributed by atoms with Gasteiger partial charge in [0.15, 0.2) is 0 Å². The lowest BCUT2D eigenvalue weighted by Gasteiger charge is -2.23. The van der Waals surface area contributed by atoms with Gasteiger partial charge in [0, 0.05) is 13.0 Å². The average Bonchev–Trinajstić information content (AvgIpc) is 2.82. The molecule has 0 radical (unpaired) electrons. The van der Waals surface area contributed by atoms with Crippen LogP contribution in [0.15, 0.2) is 89.8 Å². The number of nitrogens with zero attached hydrogens (tertiary/aromatic N) is 1. The van der Waals surface area contributed by atoms with E-state index in [0.29, 0.717) is 12.2 Å². The van der Waals surface area contributed by atoms with Crippen LogP contribution in [0.3, 0.4) is 0 Å². The number of benzene rings is 1. The molecular weight excluding hydrogens is 422 g/mol. The van der Waals surface area contributed by atoms with Gasteiger partial charge < -0.3 is 14.4 Å². The number of allylic oxidation sites excluding steroid dienone is 8. The van der Waals surface area contributed by atoms with E-state index in [4.69, 9.17) is 9.47 Å². The molecule has 0 N–H and O–H groups in total. The standard InChI is InChI=1S/C30H37NO3/c1-22-17-18-24(11-6-8-14-27(19-22)33-5)23(2)30(32)34-28-15-10-13-25(20-28)29-16-9-7-12-26(29)21-31(3)4/h6,8,10-11,13-15,17-18,20,23H,1,7,9,12,16,19,21H2,2-5H3/b8-6+,18-17-,24-11+,27-14+. The highest BCUT2D eigenvalue weighted by Crippen LogP contribution is 2.34. The number of carbonyl (C=O) groups excluding carboxylic acids is 1. The molecule has 0 amide bonds. The Morgan fingerprint density at radius 2 is 1.88 bits per heavy atom. The van der Waals surface area contributed by atoms with Crippen molar-refractivity contribution in [1.29, 1.82) is 0 Å². The van der Waals surface area contributed by atoms with Crippen molar-refractivity contribution in [2.45, 2.75) is 39.0 Å². The summed E-state index contributed by atoms with van der Waals surface area (Å²) in [5.74, 6) is 0.745. The molecule has 0 saturated heterocycles. The molecule has 180 valence electrons. The van der Waals surface area contributed by atoms with Gasteiger partial charge >= 0.3 is 5.97 Å². The molecule has 1 unspecified atom stereocenters. The fourth-order valence-electron chi connectivity index (χ4n) is 4.33. The fourth-order valence-corrected chi connectivity index (χ4v) is 4.33. The van der Waals surface area contributed by atoms with Gasteiger partial charge in [-0.2, -0.15) is 0 Å². The van der Waals surface area contributed by atoms with Crippen LogP contribution in [0.1, 0.15) is 44.6 Å². The zero-order valence-corrected chi connectivity index (χ0v) is 21.0. The van der Waals surface area contributed by atoms with Crippen LogP contribution < -0.4 is 4.74 Å². The number of methoxy groups -OCH3 is 1. The zero-order chi connectivity index (χ0) is 24.5. The van der Waals surface area contributed by atoms with Crippen LogP contribution in [0.25, 0.3) is 5.57 Å². The molecule has 2 aliphatic carbocycles. The van der Waals surface area contributed by atoms with Gasteiger partial charge in [0.25, 0.3) is 0 Å². The lowest BCUT2D eigenvalue weighted by Crippen LogP contribution is -2.19. The van der Waals surface area contributed by atoms with Crippen LogP contribution in [0.5, 0.6) is 5.75 Å². The number of rotatable bonds is 7. The molecular formula is C30H37NO3. The zero-order valence-electron chi connectivity index (χ0n) is 21.0. The number of hydrogen-bond donors (Lipinski definition) is 0. The minimum absolute atomic E-state index is 0.275. The lowest BCUT2D eigenvalue weighted by molar-refractivity contribution is -0.137. The minimum atomic E-state index is -0.416. The van der Waals surface area contributed by atoms with Crippen molar-refractivity contribution < 1.29 is 14.3 Å². The second kappa shape index (κ2) is 12.4. The van der Waals surface area contributed by atoms with Crippen LogP contribution in [0.2, 0.25) is 0 Å². The number of likely N-dealkylation sites (N-methyl/N-ethyl adjacent to an activating group) is 1. The highest BCUT2D eigenvalue weighted by atomic mass is 16.5. The summed E-state index contributed by atoms with van der Waals surface area (Å²) in [4.78, 5) is 15.3. The van der Waals surface area contributed by atoms with Crippen molar-refractivity contribution in [2.24, 2.45) is 5.92 Å². The molecule has 0 heterocycles. The van der Waals surface area contributed by atoms with E-state index in [1.54, 1.807) is 7.11 Å². The van der Waals surface area contributed by atoms with E-state index in [1.165, 1.54) is 24.0 Å². The Morgan fingerprint density at radius 3 is 2.65 bits per heavy atom. The first-order chi connectivity index (χ1) is 16.4. The maximum Gasteiger partial charge on any atom is 0.318 e. The van der Waals surface area contributed by atoms with Crippen LogP contribution in [0, 0.1) is 5.92 Å². The van der Waals surface area contributed by atoms with Crippen molar-refractivity contribution >= 4 is 11.5 Å². The molecule has 1 atom stereocenters. The van der Waals surface area contributed by atoms with E-state index >= 15 is 0 Å². The Morgan fingerprint density at radius 1 is 1.12 bits per heavy atom. The molecule has 1 aromatic carbocycles. The third-order valence-electron chi connectivity index (χ3n) is 6.20. The number of esters is 1. The number of ether oxygens (including phenoxy) is 2. The van der Waals surface area contributed by atoms with E-state index in [1.807, 2.05) is 61.6 Å². The summed E-state index contributed by atoms with van der Waals surface area (Å²) >= 11 is 0. The highest BCUT2D eigenvalue weighted by molar-refractivity contribution is 5.79. The van der Waals surface area contributed by atoms with Crippen LogP contribution in [-0.2, 0) is 9.53 Å². The molecule has 4 nitrogen and oxygen atoms in total. The minimum Gasteiger partial charge on any atom is -0.501 e. The monoisotopic (exact) mass is 459 g/mol. The molecule has 0 spiro atoms. The Bertz CT molecular complexity index is 1050. The Kier molecular flexibility index (Phi) is 9.29. The Labute approximate surface area is 204 Å². The second-order valence-corrected chi connectivity index (χ2v) is 9.25. The Balaban J connectivity index is 1.78. The summed E-state index contributed by atoms with van der Waals surface area (Å²) in [7, 11) is 5.88. The maximum atomic E-state index is 13.0. The van der Waals surface area contributed by atoms with Gasteiger partial charge in [-0.05, 0) is 87.2 Å². The fraction of sp³-hybridized carbons (Fsp3) is 0.367. The SMILES string of the molecule is C=C1\C=C/C(C(C)C(=O)Oc2cccc(C3=C(CN(C)C)CCCC3)c2)=C\C=C\C=C(\OC)C1. The predicted octanol–water partition coefficient (Wildman–Crippen LogP) is 6.65. The van der Waals surface area contributed by atoms with Crippen LogP contribution in [-0.4, -0.2) is 38.6 Å². The third-order valence-corrected chi connectivity index (χ3v) is 6.20. The van der Waals surface area contributed by atoms with Gasteiger partial charge in [0.1, 0.15) is 5.75 Å². The average molecular weight is 460 g/mol. The van der Waals surface area contributed by atoms with Crippen molar-refractivity contribution in [3.63, 3.8) is 0 Å². The van der Waals surface area contributed by atoms with E-state index in [2.05, 4.69) is 31.6 Å². The molecule has 0 fully saturated rings. The summed E-state index contributed by atoms with van der Waals surface area (Å²) in [6.45, 7) is 6.93. The maximum absolute atomic E-state index is 13.0. The van der Waals surface area contributed by atoms with E-state index in [9.17, 15) is 4.79 Å². The van der Waals surface area contributed by atoms with Gasteiger partial charge in [0.2, 0.25) is 0 Å². The van der Waals surface area contributed by atoms with Gasteiger partial charge in [-0.1, -0.05) is 54.7 Å². The summed E-state index contributed by atoms with van der Waals surface area (Å²) in [6, 6.07) is 7.98. The van der Waals surface area contributed by atoms with E-state index < -0.39 is 5.92 Å². The molecule has 0 saturated carbocycles. The number of hydrogen-bond acceptors (Lipinski definition) is 4. The van der Waals surface area contributed by atoms with Gasteiger partial charge in [0.05, 0.1) is 18.8 Å². The van der Waals surface area contributed by atoms with Gasteiger partial charge in [-0.15, -0.1) is 0 Å². The first kappa shape index (κ1) is 25.5. The van der Waals surface area contributed by atoms with Gasteiger partial charge in [-0.3, -0.25) is 4.79 Å². The summed E-state index contributed by atoms with van der Waals surface area (Å²) in [6.07, 6.45) is 16.8. The molecule has 0 bridgehead atoms. The molecule has 0 aliphatic heterocycles. The van der Waals surface area contributed by atoms with Crippen molar-refractivity contribution in [3.8, 4) is 5.75 Å². The molecule has 2 aliphatic rings. The summed E-state index contributed by atoms with van der Waals surface area (Å²) in [5, 5.41) is 0. The summed E-state index contributed by atoms with van der Waals surface area (Å²) < 4.78 is 11.2. The van der Waals surface area contributed by atoms with Crippen molar-refractivity contribution in [1.82, 2.24) is 4.90 Å². The quantitative estimate of drug-likeness (QED) is 0.338. The van der Waals surface area contributed by atoms with Crippen LogP contribution in [0.4, 0.5) is 0 Å². The first-order valence-corrected chi connectivity index (χ1v) is 12.0. The lowest BCUT2D eigenvalue weighted by atomic mass is 9.87. The smallest absolute Gasteiger partial charge is 0.318 e. The predicted molar refractivity (Wildman–Crippen MR) is 140 cm³/mol. The first-order valence-electron chi connectivity index (χ1n) is 12.0. The molecule has 34 heavy (non-hydrogen) atoms. The number of carbonyl (C=O) groups is 1. The molecule has 3 rings (SSSR count). The van der Waals surface area contributed by atoms with E-state index in [0.717, 1.165) is 41.9 Å². The van der Waals surface area contributed by atoms with Crippen LogP contribution >= 0.6 is 0 Å². The largest absolute Gasteiger partial charge is 0.501 e. The molecule has 1 aromatic rings. The second-order valence-electron chi connectivity index (χ2n) is 9.25. The Hall–Kier alpha value is -3.11.